The zero-order chi connectivity index (χ0) is 24.3. The molecule has 0 fully saturated rings. The van der Waals surface area contributed by atoms with Gasteiger partial charge in [-0.2, -0.15) is 0 Å². The van der Waals surface area contributed by atoms with Gasteiger partial charge >= 0.3 is 0 Å². The molecule has 1 aliphatic heterocycles. The van der Waals surface area contributed by atoms with Crippen molar-refractivity contribution in [2.24, 2.45) is 10.8 Å². The molecule has 33 heavy (non-hydrogen) atoms. The predicted molar refractivity (Wildman–Crippen MR) is 130 cm³/mol. The van der Waals surface area contributed by atoms with Gasteiger partial charge < -0.3 is 14.4 Å². The van der Waals surface area contributed by atoms with Gasteiger partial charge in [-0.3, -0.25) is 9.59 Å². The van der Waals surface area contributed by atoms with Crippen molar-refractivity contribution in [3.05, 3.63) is 45.3 Å². The Hall–Kier alpha value is -2.27. The maximum Gasteiger partial charge on any atom is 0.179 e. The van der Waals surface area contributed by atoms with Crippen molar-refractivity contribution in [1.29, 1.82) is 0 Å². The van der Waals surface area contributed by atoms with Gasteiger partial charge in [-0.1, -0.05) is 39.3 Å². The number of rotatable bonds is 4. The van der Waals surface area contributed by atoms with Gasteiger partial charge in [0.25, 0.3) is 0 Å². The van der Waals surface area contributed by atoms with E-state index in [1.807, 2.05) is 26.1 Å². The monoisotopic (exact) mass is 471 g/mol. The normalized spacial score (nSPS) is 22.4. The van der Waals surface area contributed by atoms with E-state index in [4.69, 9.17) is 21.1 Å². The third-order valence-corrected chi connectivity index (χ3v) is 7.33. The Morgan fingerprint density at radius 3 is 1.94 bits per heavy atom. The molecule has 0 saturated heterocycles. The molecule has 2 aliphatic carbocycles. The predicted octanol–water partition coefficient (Wildman–Crippen LogP) is 6.06. The first-order chi connectivity index (χ1) is 15.4. The summed E-state index contributed by atoms with van der Waals surface area (Å²) < 4.78 is 11.3. The SMILES string of the molecule is CCOc1cc(C2C3=C(CC(C)(C)CC3=O)N(C)C3=C2C(=O)CC(C)(C)C3)cc(Cl)c1OC. The average molecular weight is 472 g/mol. The second-order valence-electron chi connectivity index (χ2n) is 11.1. The second-order valence-corrected chi connectivity index (χ2v) is 11.5. The van der Waals surface area contributed by atoms with E-state index >= 15 is 0 Å². The summed E-state index contributed by atoms with van der Waals surface area (Å²) in [4.78, 5) is 29.3. The van der Waals surface area contributed by atoms with Crippen LogP contribution in [0.1, 0.15) is 71.8 Å². The molecule has 1 heterocycles. The summed E-state index contributed by atoms with van der Waals surface area (Å²) in [5.41, 5.74) is 4.05. The molecule has 5 nitrogen and oxygen atoms in total. The molecule has 0 atom stereocenters. The molecule has 1 aromatic rings. The highest BCUT2D eigenvalue weighted by atomic mass is 35.5. The van der Waals surface area contributed by atoms with Gasteiger partial charge in [0.05, 0.1) is 18.7 Å². The molecule has 0 radical (unpaired) electrons. The molecule has 0 saturated carbocycles. The van der Waals surface area contributed by atoms with Gasteiger partial charge in [-0.25, -0.2) is 0 Å². The summed E-state index contributed by atoms with van der Waals surface area (Å²) in [6, 6.07) is 3.72. The Morgan fingerprint density at radius 1 is 0.970 bits per heavy atom. The quantitative estimate of drug-likeness (QED) is 0.534. The number of carbonyl (C=O) groups is 2. The molecule has 0 amide bonds. The highest BCUT2D eigenvalue weighted by Crippen LogP contribution is 2.55. The molecule has 0 aromatic heterocycles. The number of hydrogen-bond acceptors (Lipinski definition) is 5. The minimum atomic E-state index is -0.444. The maximum absolute atomic E-state index is 13.6. The minimum Gasteiger partial charge on any atom is -0.491 e. The Kier molecular flexibility index (Phi) is 5.93. The lowest BCUT2D eigenvalue weighted by molar-refractivity contribution is -0.119. The number of halogens is 1. The highest BCUT2D eigenvalue weighted by Gasteiger charge is 2.48. The first-order valence-corrected chi connectivity index (χ1v) is 12.0. The first kappa shape index (κ1) is 23.9. The van der Waals surface area contributed by atoms with E-state index in [9.17, 15) is 9.59 Å². The number of hydrogen-bond donors (Lipinski definition) is 0. The van der Waals surface area contributed by atoms with Crippen LogP contribution in [0.25, 0.3) is 0 Å². The van der Waals surface area contributed by atoms with Gasteiger partial charge in [0.1, 0.15) is 0 Å². The Labute approximate surface area is 201 Å². The zero-order valence-corrected chi connectivity index (χ0v) is 21.5. The Morgan fingerprint density at radius 2 is 1.48 bits per heavy atom. The van der Waals surface area contributed by atoms with E-state index in [-0.39, 0.29) is 22.4 Å². The molecule has 0 bridgehead atoms. The number of benzene rings is 1. The van der Waals surface area contributed by atoms with Gasteiger partial charge in [0, 0.05) is 48.3 Å². The third-order valence-electron chi connectivity index (χ3n) is 7.05. The van der Waals surface area contributed by atoms with Crippen LogP contribution in [0.2, 0.25) is 5.02 Å². The number of allylic oxidation sites excluding steroid dienone is 4. The van der Waals surface area contributed by atoms with Crippen LogP contribution in [0, 0.1) is 10.8 Å². The second kappa shape index (κ2) is 8.19. The fraction of sp³-hybridized carbons (Fsp3) is 0.556. The van der Waals surface area contributed by atoms with Crippen LogP contribution in [-0.2, 0) is 9.59 Å². The van der Waals surface area contributed by atoms with Crippen LogP contribution >= 0.6 is 11.6 Å². The zero-order valence-electron chi connectivity index (χ0n) is 20.7. The standard InChI is InChI=1S/C27H34ClNO4/c1-8-33-21-10-15(9-16(28)25(21)32-7)22-23-17(11-26(2,3)13-19(23)30)29(6)18-12-27(4,5)14-20(31)24(18)22/h9-10,22H,8,11-14H2,1-7H3. The molecular weight excluding hydrogens is 438 g/mol. The molecule has 0 spiro atoms. The van der Waals surface area contributed by atoms with E-state index in [0.717, 1.165) is 40.9 Å². The fourth-order valence-corrected chi connectivity index (χ4v) is 6.01. The lowest BCUT2D eigenvalue weighted by Gasteiger charge is -2.48. The topological polar surface area (TPSA) is 55.8 Å². The van der Waals surface area contributed by atoms with Crippen molar-refractivity contribution in [2.45, 2.75) is 66.2 Å². The molecule has 4 rings (SSSR count). The molecular formula is C27H34ClNO4. The average Bonchev–Trinajstić information content (AvgIpc) is 2.68. The number of ether oxygens (including phenoxy) is 2. The first-order valence-electron chi connectivity index (χ1n) is 11.7. The van der Waals surface area contributed by atoms with Gasteiger partial charge in [-0.15, -0.1) is 0 Å². The van der Waals surface area contributed by atoms with Crippen LogP contribution in [0.5, 0.6) is 11.5 Å². The number of nitrogens with zero attached hydrogens (tertiary/aromatic N) is 1. The smallest absolute Gasteiger partial charge is 0.179 e. The Balaban J connectivity index is 1.99. The van der Waals surface area contributed by atoms with Crippen molar-refractivity contribution in [3.63, 3.8) is 0 Å². The largest absolute Gasteiger partial charge is 0.491 e. The van der Waals surface area contributed by atoms with Crippen LogP contribution in [0.4, 0.5) is 0 Å². The van der Waals surface area contributed by atoms with E-state index in [1.54, 1.807) is 7.11 Å². The summed E-state index contributed by atoms with van der Waals surface area (Å²) in [5, 5.41) is 0.411. The van der Waals surface area contributed by atoms with Crippen molar-refractivity contribution in [3.8, 4) is 11.5 Å². The molecule has 0 N–H and O–H groups in total. The van der Waals surface area contributed by atoms with Crippen LogP contribution < -0.4 is 9.47 Å². The van der Waals surface area contributed by atoms with Crippen LogP contribution in [0.15, 0.2) is 34.7 Å². The van der Waals surface area contributed by atoms with Crippen molar-refractivity contribution >= 4 is 23.2 Å². The van der Waals surface area contributed by atoms with Crippen molar-refractivity contribution in [2.75, 3.05) is 20.8 Å². The molecule has 178 valence electrons. The summed E-state index contributed by atoms with van der Waals surface area (Å²) in [7, 11) is 3.57. The van der Waals surface area contributed by atoms with Crippen molar-refractivity contribution < 1.29 is 19.1 Å². The highest BCUT2D eigenvalue weighted by molar-refractivity contribution is 6.32. The van der Waals surface area contributed by atoms with Gasteiger partial charge in [0.2, 0.25) is 0 Å². The maximum atomic E-state index is 13.6. The van der Waals surface area contributed by atoms with E-state index in [0.29, 0.717) is 36.0 Å². The summed E-state index contributed by atoms with van der Waals surface area (Å²) in [5.74, 6) is 0.754. The molecule has 1 aromatic carbocycles. The van der Waals surface area contributed by atoms with Gasteiger partial charge in [0.15, 0.2) is 23.1 Å². The van der Waals surface area contributed by atoms with E-state index in [2.05, 4.69) is 32.6 Å². The number of carbonyl (C=O) groups excluding carboxylic acids is 2. The number of methoxy groups -OCH3 is 1. The van der Waals surface area contributed by atoms with E-state index < -0.39 is 5.92 Å². The summed E-state index contributed by atoms with van der Waals surface area (Å²) in [6.45, 7) is 10.9. The lowest BCUT2D eigenvalue weighted by atomic mass is 9.63. The number of ketones is 2. The van der Waals surface area contributed by atoms with Gasteiger partial charge in [-0.05, 0) is 48.3 Å². The Bertz CT molecular complexity index is 1040. The lowest BCUT2D eigenvalue weighted by Crippen LogP contribution is -2.43. The minimum absolute atomic E-state index is 0.104. The van der Waals surface area contributed by atoms with Crippen LogP contribution in [0.3, 0.4) is 0 Å². The van der Waals surface area contributed by atoms with Crippen LogP contribution in [-0.4, -0.2) is 37.2 Å². The number of Topliss-reactive ketones (excluding diaryl/α,β-unsaturated/α-hetero) is 2. The van der Waals surface area contributed by atoms with E-state index in [1.165, 1.54) is 0 Å². The molecule has 6 heteroatoms. The molecule has 3 aliphatic rings. The van der Waals surface area contributed by atoms with Crippen molar-refractivity contribution in [1.82, 2.24) is 4.90 Å². The fourth-order valence-electron chi connectivity index (χ4n) is 5.71. The summed E-state index contributed by atoms with van der Waals surface area (Å²) in [6.07, 6.45) is 2.49. The third kappa shape index (κ3) is 4.09. The summed E-state index contributed by atoms with van der Waals surface area (Å²) >= 11 is 6.61. The molecule has 0 unspecified atom stereocenters.